The van der Waals surface area contributed by atoms with E-state index in [1.54, 1.807) is 42.1 Å². The van der Waals surface area contributed by atoms with E-state index in [9.17, 15) is 13.2 Å². The highest BCUT2D eigenvalue weighted by Crippen LogP contribution is 2.26. The van der Waals surface area contributed by atoms with Gasteiger partial charge in [0.1, 0.15) is 16.2 Å². The first-order chi connectivity index (χ1) is 11.8. The van der Waals surface area contributed by atoms with Crippen molar-refractivity contribution in [3.8, 4) is 0 Å². The fraction of sp³-hybridized carbons (Fsp3) is 0.267. The second-order valence-electron chi connectivity index (χ2n) is 5.47. The SMILES string of the molecule is Cc1cc(=O)n2nc(S(C)=O)cc2n1C(c1ccc(Cl)nc1)S(C)=O. The number of hydrogen-bond acceptors (Lipinski definition) is 5. The van der Waals surface area contributed by atoms with Gasteiger partial charge in [-0.05, 0) is 13.0 Å². The Hall–Kier alpha value is -1.84. The van der Waals surface area contributed by atoms with Crippen molar-refractivity contribution in [2.75, 3.05) is 12.5 Å². The highest BCUT2D eigenvalue weighted by atomic mass is 35.5. The van der Waals surface area contributed by atoms with Crippen LogP contribution in [0.1, 0.15) is 16.6 Å². The zero-order chi connectivity index (χ0) is 18.3. The summed E-state index contributed by atoms with van der Waals surface area (Å²) in [5.74, 6) is 0. The molecular formula is C15H15ClN4O3S2. The molecule has 0 aromatic carbocycles. The number of rotatable bonds is 4. The molecule has 3 rings (SSSR count). The Morgan fingerprint density at radius 2 is 1.92 bits per heavy atom. The molecule has 0 radical (unpaired) electrons. The molecule has 25 heavy (non-hydrogen) atoms. The first-order valence-electron chi connectivity index (χ1n) is 7.18. The molecule has 0 spiro atoms. The van der Waals surface area contributed by atoms with Gasteiger partial charge in [-0.3, -0.25) is 13.2 Å². The minimum Gasteiger partial charge on any atom is -0.311 e. The van der Waals surface area contributed by atoms with Crippen LogP contribution < -0.4 is 5.56 Å². The van der Waals surface area contributed by atoms with Crippen LogP contribution in [0.4, 0.5) is 0 Å². The number of fused-ring (bicyclic) bond motifs is 1. The van der Waals surface area contributed by atoms with Crippen molar-refractivity contribution in [2.45, 2.75) is 17.3 Å². The predicted molar refractivity (Wildman–Crippen MR) is 98.0 cm³/mol. The lowest BCUT2D eigenvalue weighted by atomic mass is 10.2. The molecule has 0 N–H and O–H groups in total. The summed E-state index contributed by atoms with van der Waals surface area (Å²) in [5, 5.41) is 4.13. The van der Waals surface area contributed by atoms with Crippen LogP contribution in [0.2, 0.25) is 5.15 Å². The lowest BCUT2D eigenvalue weighted by molar-refractivity contribution is 0.648. The summed E-state index contributed by atoms with van der Waals surface area (Å²) in [5.41, 5.74) is 1.38. The molecule has 7 nitrogen and oxygen atoms in total. The molecular weight excluding hydrogens is 384 g/mol. The molecule has 10 heteroatoms. The van der Waals surface area contributed by atoms with Crippen LogP contribution in [0.3, 0.4) is 0 Å². The molecule has 0 aliphatic rings. The minimum absolute atomic E-state index is 0.284. The largest absolute Gasteiger partial charge is 0.311 e. The fourth-order valence-corrected chi connectivity index (χ4v) is 4.32. The average Bonchev–Trinajstić information content (AvgIpc) is 2.98. The number of nitrogens with zero attached hydrogens (tertiary/aromatic N) is 4. The van der Waals surface area contributed by atoms with Gasteiger partial charge in [-0.1, -0.05) is 17.7 Å². The summed E-state index contributed by atoms with van der Waals surface area (Å²) in [6, 6.07) is 6.35. The summed E-state index contributed by atoms with van der Waals surface area (Å²) in [7, 11) is -2.67. The van der Waals surface area contributed by atoms with Crippen molar-refractivity contribution in [2.24, 2.45) is 0 Å². The van der Waals surface area contributed by atoms with Gasteiger partial charge in [-0.2, -0.15) is 9.61 Å². The molecule has 0 bridgehead atoms. The number of hydrogen-bond donors (Lipinski definition) is 0. The summed E-state index contributed by atoms with van der Waals surface area (Å²) >= 11 is 5.84. The summed E-state index contributed by atoms with van der Waals surface area (Å²) in [6.45, 7) is 1.75. The molecule has 3 aromatic heterocycles. The van der Waals surface area contributed by atoms with E-state index in [1.165, 1.54) is 16.8 Å². The van der Waals surface area contributed by atoms with E-state index >= 15 is 0 Å². The second kappa shape index (κ2) is 6.81. The van der Waals surface area contributed by atoms with E-state index in [0.717, 1.165) is 0 Å². The summed E-state index contributed by atoms with van der Waals surface area (Å²) in [6.07, 6.45) is 4.61. The third-order valence-electron chi connectivity index (χ3n) is 3.71. The molecule has 132 valence electrons. The Kier molecular flexibility index (Phi) is 4.90. The maximum atomic E-state index is 12.5. The Morgan fingerprint density at radius 3 is 2.48 bits per heavy atom. The molecule has 0 saturated carbocycles. The molecule has 0 fully saturated rings. The highest BCUT2D eigenvalue weighted by Gasteiger charge is 2.23. The molecule has 0 saturated heterocycles. The first kappa shape index (κ1) is 18.0. The van der Waals surface area contributed by atoms with Gasteiger partial charge < -0.3 is 4.57 Å². The van der Waals surface area contributed by atoms with Gasteiger partial charge in [0.25, 0.3) is 5.56 Å². The van der Waals surface area contributed by atoms with Crippen LogP contribution in [0.25, 0.3) is 5.65 Å². The fourth-order valence-electron chi connectivity index (χ4n) is 2.64. The van der Waals surface area contributed by atoms with Crippen LogP contribution in [0.5, 0.6) is 0 Å². The number of halogens is 1. The molecule has 3 heterocycles. The predicted octanol–water partition coefficient (Wildman–Crippen LogP) is 1.52. The molecule has 0 aliphatic heterocycles. The van der Waals surface area contributed by atoms with E-state index in [-0.39, 0.29) is 10.6 Å². The van der Waals surface area contributed by atoms with Crippen LogP contribution in [-0.2, 0) is 21.6 Å². The van der Waals surface area contributed by atoms with Gasteiger partial charge >= 0.3 is 0 Å². The zero-order valence-corrected chi connectivity index (χ0v) is 16.1. The number of aryl methyl sites for hydroxylation is 1. The van der Waals surface area contributed by atoms with Gasteiger partial charge in [0, 0.05) is 52.9 Å². The summed E-state index contributed by atoms with van der Waals surface area (Å²) < 4.78 is 27.2. The van der Waals surface area contributed by atoms with Crippen LogP contribution in [-0.4, -0.2) is 40.1 Å². The Balaban J connectivity index is 2.34. The molecule has 3 unspecified atom stereocenters. The Bertz CT molecular complexity index is 1060. The molecule has 0 aliphatic carbocycles. The topological polar surface area (TPSA) is 86.3 Å². The summed E-state index contributed by atoms with van der Waals surface area (Å²) in [4.78, 5) is 16.3. The van der Waals surface area contributed by atoms with E-state index in [1.807, 2.05) is 0 Å². The van der Waals surface area contributed by atoms with Gasteiger partial charge in [0.2, 0.25) is 0 Å². The Morgan fingerprint density at radius 1 is 1.20 bits per heavy atom. The Labute approximate surface area is 153 Å². The highest BCUT2D eigenvalue weighted by molar-refractivity contribution is 7.84. The van der Waals surface area contributed by atoms with Crippen LogP contribution in [0.15, 0.2) is 40.3 Å². The smallest absolute Gasteiger partial charge is 0.274 e. The van der Waals surface area contributed by atoms with Gasteiger partial charge in [0.05, 0.1) is 10.8 Å². The first-order valence-corrected chi connectivity index (χ1v) is 10.7. The lowest BCUT2D eigenvalue weighted by Gasteiger charge is -2.22. The van der Waals surface area contributed by atoms with E-state index in [2.05, 4.69) is 10.1 Å². The van der Waals surface area contributed by atoms with Crippen LogP contribution in [0, 0.1) is 6.92 Å². The monoisotopic (exact) mass is 398 g/mol. The normalized spacial score (nSPS) is 15.2. The number of pyridine rings is 1. The average molecular weight is 399 g/mol. The van der Waals surface area contributed by atoms with Crippen molar-refractivity contribution >= 4 is 38.8 Å². The van der Waals surface area contributed by atoms with Crippen molar-refractivity contribution < 1.29 is 8.42 Å². The van der Waals surface area contributed by atoms with Crippen molar-refractivity contribution in [1.82, 2.24) is 19.2 Å². The molecule has 3 aromatic rings. The van der Waals surface area contributed by atoms with E-state index in [0.29, 0.717) is 22.1 Å². The van der Waals surface area contributed by atoms with Crippen molar-refractivity contribution in [1.29, 1.82) is 0 Å². The lowest BCUT2D eigenvalue weighted by Crippen LogP contribution is -2.25. The maximum absolute atomic E-state index is 12.5. The van der Waals surface area contributed by atoms with Crippen LogP contribution >= 0.6 is 11.6 Å². The van der Waals surface area contributed by atoms with Gasteiger partial charge in [-0.15, -0.1) is 0 Å². The van der Waals surface area contributed by atoms with Crippen molar-refractivity contribution in [3.05, 3.63) is 57.2 Å². The van der Waals surface area contributed by atoms with E-state index in [4.69, 9.17) is 11.6 Å². The maximum Gasteiger partial charge on any atom is 0.274 e. The third kappa shape index (κ3) is 3.31. The molecule has 3 atom stereocenters. The molecule has 0 amide bonds. The van der Waals surface area contributed by atoms with E-state index < -0.39 is 27.0 Å². The minimum atomic E-state index is -1.35. The van der Waals surface area contributed by atoms with Crippen molar-refractivity contribution in [3.63, 3.8) is 0 Å². The second-order valence-corrected chi connectivity index (χ2v) is 8.62. The van der Waals surface area contributed by atoms with Gasteiger partial charge in [0.15, 0.2) is 5.03 Å². The zero-order valence-electron chi connectivity index (χ0n) is 13.7. The van der Waals surface area contributed by atoms with Gasteiger partial charge in [-0.25, -0.2) is 4.98 Å². The number of aromatic nitrogens is 4. The standard InChI is InChI=1S/C15H15ClN4O3S2/c1-9-6-14(21)20-13(7-12(18-20)24(2)22)19(9)15(25(3)23)10-4-5-11(16)17-8-10/h4-8,15H,1-3H3. The quantitative estimate of drug-likeness (QED) is 0.622. The third-order valence-corrected chi connectivity index (χ3v) is 5.84.